The summed E-state index contributed by atoms with van der Waals surface area (Å²) in [6, 6.07) is 0. The van der Waals surface area contributed by atoms with Gasteiger partial charge in [0.05, 0.1) is 13.2 Å². The number of cyclic esters (lactones) is 2. The summed E-state index contributed by atoms with van der Waals surface area (Å²) in [4.78, 5) is 21.8. The molecule has 4 aliphatic heterocycles. The first-order chi connectivity index (χ1) is 13.8. The van der Waals surface area contributed by atoms with Gasteiger partial charge in [0.1, 0.15) is 24.4 Å². The van der Waals surface area contributed by atoms with Gasteiger partial charge in [0, 0.05) is 0 Å². The molecule has 4 heterocycles. The first kappa shape index (κ1) is 26.0. The summed E-state index contributed by atoms with van der Waals surface area (Å²) in [5.74, 6) is -6.82. The van der Waals surface area contributed by atoms with Crippen LogP contribution >= 0.6 is 0 Å². The van der Waals surface area contributed by atoms with Gasteiger partial charge in [0.25, 0.3) is 0 Å². The van der Waals surface area contributed by atoms with E-state index in [4.69, 9.17) is 29.2 Å². The molecule has 4 unspecified atom stereocenters. The molecule has 2 fully saturated rings. The van der Waals surface area contributed by atoms with Crippen molar-refractivity contribution in [3.8, 4) is 0 Å². The van der Waals surface area contributed by atoms with Gasteiger partial charge in [-0.2, -0.15) is 0 Å². The van der Waals surface area contributed by atoms with Gasteiger partial charge in [-0.15, -0.1) is 0 Å². The Morgan fingerprint density at radius 2 is 1.10 bits per heavy atom. The first-order valence-corrected chi connectivity index (χ1v) is 9.07. The normalized spacial score (nSPS) is 33.5. The number of aliphatic hydroxyl groups excluding tert-OH is 2. The molecule has 0 aromatic carbocycles. The van der Waals surface area contributed by atoms with Gasteiger partial charge >= 0.3 is 49.7 Å². The van der Waals surface area contributed by atoms with Gasteiger partial charge in [-0.05, 0) is 39.2 Å². The number of hydrogen-bond acceptors (Lipinski definition) is 12. The molecule has 4 rings (SSSR count). The number of carbonyl (C=O) groups is 2. The Morgan fingerprint density at radius 3 is 1.29 bits per heavy atom. The smallest absolute Gasteiger partial charge is 0.870 e. The Morgan fingerprint density at radius 1 is 0.774 bits per heavy atom. The van der Waals surface area contributed by atoms with Crippen LogP contribution in [0.3, 0.4) is 0 Å². The number of rotatable bonds is 2. The molecule has 2 N–H and O–H groups in total. The number of ether oxygens (including phenoxy) is 6. The van der Waals surface area contributed by atoms with Crippen molar-refractivity contribution in [3.63, 3.8) is 0 Å². The molecule has 0 aromatic rings. The second-order valence-electron chi connectivity index (χ2n) is 7.81. The fourth-order valence-corrected chi connectivity index (χ4v) is 3.14. The molecule has 0 saturated carbocycles. The molecule has 0 bridgehead atoms. The van der Waals surface area contributed by atoms with E-state index in [1.54, 1.807) is 27.7 Å². The predicted molar refractivity (Wildman–Crippen MR) is 94.6 cm³/mol. The van der Waals surface area contributed by atoms with Crippen LogP contribution in [0.25, 0.3) is 0 Å². The van der Waals surface area contributed by atoms with Gasteiger partial charge < -0.3 is 48.8 Å². The van der Waals surface area contributed by atoms with E-state index >= 15 is 0 Å². The van der Waals surface area contributed by atoms with Crippen molar-refractivity contribution in [2.75, 3.05) is 13.2 Å². The zero-order chi connectivity index (χ0) is 22.4. The zero-order valence-electron chi connectivity index (χ0n) is 17.4. The van der Waals surface area contributed by atoms with E-state index in [9.17, 15) is 19.8 Å². The Labute approximate surface area is 207 Å². The van der Waals surface area contributed by atoms with E-state index in [1.165, 1.54) is 0 Å². The second kappa shape index (κ2) is 9.30. The fraction of sp³-hybridized carbons (Fsp3) is 0.667. The van der Waals surface area contributed by atoms with Crippen LogP contribution in [0.4, 0.5) is 0 Å². The fourth-order valence-electron chi connectivity index (χ4n) is 3.14. The van der Waals surface area contributed by atoms with Gasteiger partial charge in [-0.1, -0.05) is 0 Å². The molecule has 0 aliphatic carbocycles. The van der Waals surface area contributed by atoms with E-state index in [-0.39, 0.29) is 51.0 Å². The Hall–Kier alpha value is -1.28. The number of carbonyl (C=O) groups excluding carboxylic acids is 2. The minimum atomic E-state index is -1.08. The SMILES string of the molecule is CC1(C)OCC(C2OC(=O)C(O)=C2[O-])O1.CC1(C)OCC(C2OC(=O)C(O)=C2[O-])O1.[Ca+2]. The van der Waals surface area contributed by atoms with Crippen molar-refractivity contribution in [2.45, 2.75) is 63.7 Å². The summed E-state index contributed by atoms with van der Waals surface area (Å²) >= 11 is 0. The van der Waals surface area contributed by atoms with Crippen LogP contribution in [0.2, 0.25) is 0 Å². The maximum absolute atomic E-state index is 11.3. The van der Waals surface area contributed by atoms with Crippen LogP contribution in [-0.4, -0.2) is 109 Å². The molecule has 168 valence electrons. The standard InChI is InChI=1S/2C9H12O6.Ca/c2*1-9(2)13-3-4(15-9)7-5(10)6(11)8(12)14-7;/h2*4,7,10-11H,3H2,1-2H3;/q;;+2/p-2. The molecule has 0 aromatic heterocycles. The van der Waals surface area contributed by atoms with E-state index in [0.717, 1.165) is 0 Å². The summed E-state index contributed by atoms with van der Waals surface area (Å²) < 4.78 is 30.5. The van der Waals surface area contributed by atoms with Gasteiger partial charge in [-0.25, -0.2) is 9.59 Å². The molecule has 2 saturated heterocycles. The van der Waals surface area contributed by atoms with Gasteiger partial charge in [0.15, 0.2) is 23.1 Å². The second-order valence-corrected chi connectivity index (χ2v) is 7.81. The van der Waals surface area contributed by atoms with Crippen LogP contribution in [0.15, 0.2) is 23.0 Å². The van der Waals surface area contributed by atoms with Crippen LogP contribution in [0.1, 0.15) is 27.7 Å². The minimum absolute atomic E-state index is 0. The largest absolute Gasteiger partial charge is 2.00 e. The Kier molecular flexibility index (Phi) is 7.79. The molecule has 0 radical (unpaired) electrons. The summed E-state index contributed by atoms with van der Waals surface area (Å²) in [7, 11) is 0. The van der Waals surface area contributed by atoms with Gasteiger partial charge in [-0.3, -0.25) is 0 Å². The maximum Gasteiger partial charge on any atom is 2.00 e. The minimum Gasteiger partial charge on any atom is -0.870 e. The average molecular weight is 470 g/mol. The summed E-state index contributed by atoms with van der Waals surface area (Å²) in [5.41, 5.74) is 0. The number of aliphatic hydroxyl groups is 2. The third kappa shape index (κ3) is 5.56. The predicted octanol–water partition coefficient (Wildman–Crippen LogP) is -1.99. The van der Waals surface area contributed by atoms with Gasteiger partial charge in [0.2, 0.25) is 0 Å². The maximum atomic E-state index is 11.3. The topological polar surface area (TPSA) is 176 Å². The van der Waals surface area contributed by atoms with Crippen molar-refractivity contribution in [3.05, 3.63) is 23.0 Å². The van der Waals surface area contributed by atoms with Crippen LogP contribution < -0.4 is 10.2 Å². The number of esters is 2. The van der Waals surface area contributed by atoms with Crippen molar-refractivity contribution in [1.29, 1.82) is 0 Å². The zero-order valence-corrected chi connectivity index (χ0v) is 19.6. The third-order valence-electron chi connectivity index (χ3n) is 4.57. The molecule has 0 amide bonds. The van der Waals surface area contributed by atoms with Crippen LogP contribution in [0.5, 0.6) is 0 Å². The first-order valence-electron chi connectivity index (χ1n) is 9.07. The van der Waals surface area contributed by atoms with E-state index in [2.05, 4.69) is 9.47 Å². The van der Waals surface area contributed by atoms with Crippen molar-refractivity contribution in [1.82, 2.24) is 0 Å². The Bertz CT molecular complexity index is 735. The van der Waals surface area contributed by atoms with Crippen LogP contribution in [0, 0.1) is 0 Å². The van der Waals surface area contributed by atoms with Crippen molar-refractivity contribution in [2.24, 2.45) is 0 Å². The Balaban J connectivity index is 0.000000213. The molecule has 13 heteroatoms. The monoisotopic (exact) mass is 470 g/mol. The molecule has 4 aliphatic rings. The molecule has 31 heavy (non-hydrogen) atoms. The van der Waals surface area contributed by atoms with E-state index in [1.807, 2.05) is 0 Å². The summed E-state index contributed by atoms with van der Waals surface area (Å²) in [6.45, 7) is 7.08. The molecule has 12 nitrogen and oxygen atoms in total. The number of hydrogen-bond donors (Lipinski definition) is 2. The average Bonchev–Trinajstić information content (AvgIpc) is 3.35. The quantitative estimate of drug-likeness (QED) is 0.336. The molecular formula is C18H22CaO12. The van der Waals surface area contributed by atoms with Crippen molar-refractivity contribution >= 4 is 49.7 Å². The molecular weight excluding hydrogens is 448 g/mol. The van der Waals surface area contributed by atoms with E-state index in [0.29, 0.717) is 0 Å². The molecule has 4 atom stereocenters. The third-order valence-corrected chi connectivity index (χ3v) is 4.57. The van der Waals surface area contributed by atoms with Crippen molar-refractivity contribution < 1.29 is 58.4 Å². The summed E-state index contributed by atoms with van der Waals surface area (Å²) in [5, 5.41) is 40.7. The van der Waals surface area contributed by atoms with E-state index < -0.39 is 71.0 Å². The molecule has 0 spiro atoms. The van der Waals surface area contributed by atoms with Crippen LogP contribution in [-0.2, 0) is 38.0 Å². The summed E-state index contributed by atoms with van der Waals surface area (Å²) in [6.07, 6.45) is -3.47.